The minimum absolute atomic E-state index is 0.217. The molecule has 1 unspecified atom stereocenters. The predicted molar refractivity (Wildman–Crippen MR) is 124 cm³/mol. The first-order valence-corrected chi connectivity index (χ1v) is 10.6. The normalized spacial score (nSPS) is 12.2. The van der Waals surface area contributed by atoms with Crippen LogP contribution in [0.2, 0.25) is 5.02 Å². The third-order valence-electron chi connectivity index (χ3n) is 4.58. The first kappa shape index (κ1) is 20.8. The largest absolute Gasteiger partial charge is 0.324 e. The van der Waals surface area contributed by atoms with Gasteiger partial charge in [0.15, 0.2) is 0 Å². The predicted octanol–water partition coefficient (Wildman–Crippen LogP) is 5.00. The van der Waals surface area contributed by atoms with Crippen molar-refractivity contribution in [3.05, 3.63) is 77.2 Å². The zero-order valence-electron chi connectivity index (χ0n) is 16.4. The fourth-order valence-electron chi connectivity index (χ4n) is 2.90. The van der Waals surface area contributed by atoms with Crippen LogP contribution in [0.3, 0.4) is 0 Å². The topological polar surface area (TPSA) is 88.9 Å². The number of halogens is 1. The van der Waals surface area contributed by atoms with E-state index in [1.807, 2.05) is 24.3 Å². The van der Waals surface area contributed by atoms with Gasteiger partial charge in [-0.15, -0.1) is 11.3 Å². The lowest BCUT2D eigenvalue weighted by Gasteiger charge is -2.12. The molecular formula is C22H18ClN5O2S. The third kappa shape index (κ3) is 4.82. The van der Waals surface area contributed by atoms with Gasteiger partial charge in [0.2, 0.25) is 11.8 Å². The average Bonchev–Trinajstić information content (AvgIpc) is 3.42. The lowest BCUT2D eigenvalue weighted by atomic mass is 10.2. The second kappa shape index (κ2) is 9.11. The van der Waals surface area contributed by atoms with Crippen molar-refractivity contribution in [3.8, 4) is 0 Å². The lowest BCUT2D eigenvalue weighted by Crippen LogP contribution is -2.24. The number of nitrogens with zero attached hydrogens (tertiary/aromatic N) is 3. The fraction of sp³-hybridized carbons (Fsp3) is 0.0909. The number of nitrogens with one attached hydrogen (secondary N) is 2. The van der Waals surface area contributed by atoms with E-state index >= 15 is 0 Å². The maximum Gasteiger partial charge on any atom is 0.249 e. The van der Waals surface area contributed by atoms with E-state index in [1.54, 1.807) is 37.3 Å². The summed E-state index contributed by atoms with van der Waals surface area (Å²) in [7, 11) is 0. The molecule has 2 aromatic heterocycles. The smallest absolute Gasteiger partial charge is 0.249 e. The van der Waals surface area contributed by atoms with Crippen LogP contribution in [0.4, 0.5) is 11.4 Å². The van der Waals surface area contributed by atoms with Crippen molar-refractivity contribution in [2.45, 2.75) is 13.0 Å². The third-order valence-corrected chi connectivity index (χ3v) is 6.23. The molecule has 156 valence electrons. The summed E-state index contributed by atoms with van der Waals surface area (Å²) in [5.41, 5.74) is 1.22. The first-order chi connectivity index (χ1) is 15.0. The number of benzene rings is 2. The van der Waals surface area contributed by atoms with E-state index in [0.29, 0.717) is 16.4 Å². The fourth-order valence-corrected chi connectivity index (χ4v) is 4.30. The molecule has 0 aliphatic carbocycles. The molecule has 31 heavy (non-hydrogen) atoms. The van der Waals surface area contributed by atoms with Crippen molar-refractivity contribution in [2.75, 3.05) is 10.6 Å². The van der Waals surface area contributed by atoms with E-state index in [4.69, 9.17) is 11.6 Å². The number of carbonyl (C=O) groups excluding carboxylic acids is 2. The summed E-state index contributed by atoms with van der Waals surface area (Å²) in [6.45, 7) is 1.73. The maximum absolute atomic E-state index is 12.3. The Bertz CT molecular complexity index is 1250. The molecule has 0 saturated heterocycles. The molecule has 2 amide bonds. The highest BCUT2D eigenvalue weighted by Crippen LogP contribution is 2.35. The Morgan fingerprint density at radius 3 is 2.48 bits per heavy atom. The van der Waals surface area contributed by atoms with Gasteiger partial charge < -0.3 is 10.6 Å². The van der Waals surface area contributed by atoms with Gasteiger partial charge in [-0.2, -0.15) is 5.10 Å². The molecule has 0 spiro atoms. The van der Waals surface area contributed by atoms with Crippen LogP contribution >= 0.6 is 22.9 Å². The van der Waals surface area contributed by atoms with Gasteiger partial charge in [0.25, 0.3) is 0 Å². The summed E-state index contributed by atoms with van der Waals surface area (Å²) < 4.78 is 2.54. The lowest BCUT2D eigenvalue weighted by molar-refractivity contribution is -0.119. The number of rotatable bonds is 6. The number of thiophene rings is 1. The monoisotopic (exact) mass is 451 g/mol. The molecule has 0 radical (unpaired) electrons. The molecule has 1 atom stereocenters. The Morgan fingerprint density at radius 2 is 1.81 bits per heavy atom. The van der Waals surface area contributed by atoms with E-state index in [1.165, 1.54) is 34.7 Å². The van der Waals surface area contributed by atoms with Crippen LogP contribution in [0, 0.1) is 0 Å². The summed E-state index contributed by atoms with van der Waals surface area (Å²) in [6, 6.07) is 14.2. The number of hydrogen-bond acceptors (Lipinski definition) is 5. The molecule has 4 rings (SSSR count). The van der Waals surface area contributed by atoms with Crippen LogP contribution in [0.1, 0.15) is 17.8 Å². The van der Waals surface area contributed by atoms with E-state index in [-0.39, 0.29) is 11.8 Å². The van der Waals surface area contributed by atoms with Gasteiger partial charge in [-0.05, 0) is 43.3 Å². The highest BCUT2D eigenvalue weighted by molar-refractivity contribution is 7.20. The number of carbonyl (C=O) groups is 2. The summed E-state index contributed by atoms with van der Waals surface area (Å²) in [5, 5.41) is 11.2. The van der Waals surface area contributed by atoms with Crippen LogP contribution < -0.4 is 10.6 Å². The van der Waals surface area contributed by atoms with Crippen molar-refractivity contribution in [1.82, 2.24) is 14.8 Å². The van der Waals surface area contributed by atoms with Gasteiger partial charge in [0.1, 0.15) is 18.7 Å². The summed E-state index contributed by atoms with van der Waals surface area (Å²) >= 11 is 7.93. The Balaban J connectivity index is 1.36. The summed E-state index contributed by atoms with van der Waals surface area (Å²) in [5.74, 6) is -0.490. The first-order valence-electron chi connectivity index (χ1n) is 9.42. The molecule has 0 saturated carbocycles. The Morgan fingerprint density at radius 1 is 1.10 bits per heavy atom. The molecule has 2 N–H and O–H groups in total. The second-order valence-corrected chi connectivity index (χ2v) is 8.18. The maximum atomic E-state index is 12.3. The van der Waals surface area contributed by atoms with Gasteiger partial charge in [-0.1, -0.05) is 29.8 Å². The second-order valence-electron chi connectivity index (χ2n) is 6.72. The van der Waals surface area contributed by atoms with E-state index in [9.17, 15) is 9.59 Å². The highest BCUT2D eigenvalue weighted by Gasteiger charge is 2.15. The Kier molecular flexibility index (Phi) is 6.11. The highest BCUT2D eigenvalue weighted by atomic mass is 35.5. The molecule has 4 aromatic rings. The van der Waals surface area contributed by atoms with Gasteiger partial charge in [-0.25, -0.2) is 9.67 Å². The van der Waals surface area contributed by atoms with Crippen molar-refractivity contribution >= 4 is 62.3 Å². The minimum atomic E-state index is -0.493. The molecule has 7 nitrogen and oxygen atoms in total. The number of fused-ring (bicyclic) bond motifs is 1. The molecule has 2 aromatic carbocycles. The van der Waals surface area contributed by atoms with Crippen molar-refractivity contribution in [2.24, 2.45) is 0 Å². The van der Waals surface area contributed by atoms with E-state index < -0.39 is 6.04 Å². The van der Waals surface area contributed by atoms with E-state index in [2.05, 4.69) is 20.7 Å². The van der Waals surface area contributed by atoms with Crippen LogP contribution in [0.5, 0.6) is 0 Å². The van der Waals surface area contributed by atoms with Crippen LogP contribution in [-0.2, 0) is 9.59 Å². The summed E-state index contributed by atoms with van der Waals surface area (Å²) in [4.78, 5) is 29.2. The Labute approximate surface area is 187 Å². The van der Waals surface area contributed by atoms with E-state index in [0.717, 1.165) is 15.0 Å². The number of hydrogen-bond donors (Lipinski definition) is 2. The number of amides is 2. The number of anilines is 2. The molecule has 2 heterocycles. The molecule has 0 aliphatic heterocycles. The molecule has 0 aliphatic rings. The van der Waals surface area contributed by atoms with Crippen molar-refractivity contribution in [3.63, 3.8) is 0 Å². The van der Waals surface area contributed by atoms with Gasteiger partial charge in [-0.3, -0.25) is 9.59 Å². The minimum Gasteiger partial charge on any atom is -0.324 e. The molecule has 0 fully saturated rings. The molecule has 0 bridgehead atoms. The van der Waals surface area contributed by atoms with Crippen LogP contribution in [0.25, 0.3) is 16.2 Å². The Hall–Kier alpha value is -3.49. The average molecular weight is 452 g/mol. The zero-order chi connectivity index (χ0) is 21.8. The van der Waals surface area contributed by atoms with Gasteiger partial charge in [0.05, 0.1) is 5.02 Å². The molecular weight excluding hydrogens is 434 g/mol. The van der Waals surface area contributed by atoms with Crippen molar-refractivity contribution in [1.29, 1.82) is 0 Å². The SMILES string of the molecule is CC(C(=O)Nc1ccc(NC(=O)/C=C/c2sc3ccccc3c2Cl)cc1)n1cncn1. The van der Waals surface area contributed by atoms with Crippen LogP contribution in [0.15, 0.2) is 67.3 Å². The van der Waals surface area contributed by atoms with Crippen LogP contribution in [-0.4, -0.2) is 26.6 Å². The summed E-state index contributed by atoms with van der Waals surface area (Å²) in [6.07, 6.45) is 6.03. The van der Waals surface area contributed by atoms with Gasteiger partial charge in [0, 0.05) is 32.4 Å². The van der Waals surface area contributed by atoms with Crippen molar-refractivity contribution < 1.29 is 9.59 Å². The zero-order valence-corrected chi connectivity index (χ0v) is 18.0. The quantitative estimate of drug-likeness (QED) is 0.404. The number of aromatic nitrogens is 3. The van der Waals surface area contributed by atoms with Gasteiger partial charge >= 0.3 is 0 Å². The molecule has 9 heteroatoms. The standard InChI is InChI=1S/C22H18ClN5O2S/c1-14(28-13-24-12-25-28)22(30)27-16-8-6-15(7-9-16)26-20(29)11-10-19-21(23)17-4-2-3-5-18(17)31-19/h2-14H,1H3,(H,26,29)(H,27,30)/b11-10+.